The maximum Gasteiger partial charge on any atom is 0.265 e. The van der Waals surface area contributed by atoms with Gasteiger partial charge in [-0.15, -0.1) is 16.8 Å². The third kappa shape index (κ3) is 4.92. The summed E-state index contributed by atoms with van der Waals surface area (Å²) in [5.41, 5.74) is 1.42. The first-order valence-corrected chi connectivity index (χ1v) is 10.8. The number of hydrogen-bond donors (Lipinski definition) is 1. The zero-order chi connectivity index (χ0) is 21.7. The van der Waals surface area contributed by atoms with E-state index in [1.807, 2.05) is 16.7 Å². The van der Waals surface area contributed by atoms with Gasteiger partial charge in [0.1, 0.15) is 4.88 Å². The lowest BCUT2D eigenvalue weighted by Crippen LogP contribution is -2.21. The highest BCUT2D eigenvalue weighted by molar-refractivity contribution is 7.99. The summed E-state index contributed by atoms with van der Waals surface area (Å²) in [6.07, 6.45) is 5.15. The Labute approximate surface area is 182 Å². The lowest BCUT2D eigenvalue weighted by molar-refractivity contribution is -0.113. The van der Waals surface area contributed by atoms with Gasteiger partial charge in [0.2, 0.25) is 5.91 Å². The van der Waals surface area contributed by atoms with Gasteiger partial charge in [-0.1, -0.05) is 29.2 Å². The molecular weight excluding hydrogens is 422 g/mol. The van der Waals surface area contributed by atoms with Crippen molar-refractivity contribution in [2.24, 2.45) is 0 Å². The molecule has 3 rings (SSSR count). The average Bonchev–Trinajstić information content (AvgIpc) is 3.29. The molecule has 0 saturated heterocycles. The van der Waals surface area contributed by atoms with Gasteiger partial charge in [0, 0.05) is 38.6 Å². The molecule has 0 unspecified atom stereocenters. The van der Waals surface area contributed by atoms with E-state index in [1.165, 1.54) is 16.7 Å². The van der Waals surface area contributed by atoms with Gasteiger partial charge < -0.3 is 10.2 Å². The molecule has 0 spiro atoms. The molecule has 0 aliphatic heterocycles. The van der Waals surface area contributed by atoms with Gasteiger partial charge in [-0.3, -0.25) is 19.1 Å². The van der Waals surface area contributed by atoms with Crippen LogP contribution in [0.4, 0.5) is 5.13 Å². The minimum atomic E-state index is -0.242. The zero-order valence-corrected chi connectivity index (χ0v) is 18.5. The molecule has 0 fully saturated rings. The molecule has 156 valence electrons. The second-order valence-electron chi connectivity index (χ2n) is 6.42. The number of rotatable bonds is 8. The van der Waals surface area contributed by atoms with Crippen molar-refractivity contribution in [2.45, 2.75) is 18.6 Å². The third-order valence-electron chi connectivity index (χ3n) is 3.92. The fourth-order valence-electron chi connectivity index (χ4n) is 2.53. The molecule has 0 aliphatic carbocycles. The molecule has 0 aromatic carbocycles. The lowest BCUT2D eigenvalue weighted by atomic mass is 10.3. The van der Waals surface area contributed by atoms with Crippen LogP contribution in [0.2, 0.25) is 0 Å². The van der Waals surface area contributed by atoms with E-state index < -0.39 is 0 Å². The topological polar surface area (TPSA) is 106 Å². The van der Waals surface area contributed by atoms with Crippen LogP contribution in [0.5, 0.6) is 0 Å². The van der Waals surface area contributed by atoms with E-state index in [-0.39, 0.29) is 17.6 Å². The Morgan fingerprint density at radius 1 is 1.37 bits per heavy atom. The van der Waals surface area contributed by atoms with Gasteiger partial charge in [-0.25, -0.2) is 4.98 Å². The SMILES string of the molecule is C=CCn1c(SCC(=O)Nc2nc(C)c(C(=O)N(C)C)s2)nnc1-c1cccnc1. The van der Waals surface area contributed by atoms with Crippen LogP contribution < -0.4 is 5.32 Å². The van der Waals surface area contributed by atoms with Crippen LogP contribution in [0.3, 0.4) is 0 Å². The highest BCUT2D eigenvalue weighted by Gasteiger charge is 2.19. The molecule has 0 aliphatic rings. The van der Waals surface area contributed by atoms with Crippen molar-refractivity contribution in [1.82, 2.24) is 29.6 Å². The first-order chi connectivity index (χ1) is 14.4. The molecule has 0 saturated carbocycles. The second kappa shape index (κ2) is 9.63. The lowest BCUT2D eigenvalue weighted by Gasteiger charge is -2.08. The fraction of sp³-hybridized carbons (Fsp3) is 0.263. The number of nitrogens with one attached hydrogen (secondary N) is 1. The number of aromatic nitrogens is 5. The van der Waals surface area contributed by atoms with Gasteiger partial charge in [0.15, 0.2) is 16.1 Å². The number of thioether (sulfide) groups is 1. The van der Waals surface area contributed by atoms with Crippen molar-refractivity contribution in [1.29, 1.82) is 0 Å². The van der Waals surface area contributed by atoms with Crippen LogP contribution in [0.15, 0.2) is 42.3 Å². The van der Waals surface area contributed by atoms with Crippen LogP contribution in [-0.2, 0) is 11.3 Å². The number of hydrogen-bond acceptors (Lipinski definition) is 8. The Kier molecular flexibility index (Phi) is 6.95. The number of aryl methyl sites for hydroxylation is 1. The van der Waals surface area contributed by atoms with Gasteiger partial charge in [-0.05, 0) is 19.1 Å². The van der Waals surface area contributed by atoms with Crippen molar-refractivity contribution in [3.8, 4) is 11.4 Å². The summed E-state index contributed by atoms with van der Waals surface area (Å²) < 4.78 is 1.88. The summed E-state index contributed by atoms with van der Waals surface area (Å²) in [5, 5.41) is 12.2. The Hall–Kier alpha value is -3.05. The van der Waals surface area contributed by atoms with Gasteiger partial charge >= 0.3 is 0 Å². The molecule has 3 aromatic heterocycles. The van der Waals surface area contributed by atoms with E-state index in [9.17, 15) is 9.59 Å². The summed E-state index contributed by atoms with van der Waals surface area (Å²) >= 11 is 2.42. The maximum absolute atomic E-state index is 12.4. The zero-order valence-electron chi connectivity index (χ0n) is 16.8. The van der Waals surface area contributed by atoms with Crippen molar-refractivity contribution in [3.63, 3.8) is 0 Å². The number of anilines is 1. The smallest absolute Gasteiger partial charge is 0.265 e. The Morgan fingerprint density at radius 3 is 2.83 bits per heavy atom. The van der Waals surface area contributed by atoms with Crippen molar-refractivity contribution >= 4 is 40.0 Å². The average molecular weight is 444 g/mol. The molecule has 0 atom stereocenters. The standard InChI is InChI=1S/C19H21N7O2S2/c1-5-9-26-16(13-7-6-8-20-10-13)23-24-19(26)29-11-14(27)22-18-21-12(2)15(30-18)17(28)25(3)4/h5-8,10H,1,9,11H2,2-4H3,(H,21,22,27). The molecule has 0 radical (unpaired) electrons. The molecule has 3 aromatic rings. The van der Waals surface area contributed by atoms with Crippen molar-refractivity contribution in [2.75, 3.05) is 25.2 Å². The van der Waals surface area contributed by atoms with E-state index >= 15 is 0 Å². The monoisotopic (exact) mass is 443 g/mol. The van der Waals surface area contributed by atoms with Gasteiger partial charge in [-0.2, -0.15) is 0 Å². The van der Waals surface area contributed by atoms with Crippen LogP contribution >= 0.6 is 23.1 Å². The van der Waals surface area contributed by atoms with Crippen LogP contribution in [0.25, 0.3) is 11.4 Å². The first kappa shape index (κ1) is 21.7. The quantitative estimate of drug-likeness (QED) is 0.421. The highest BCUT2D eigenvalue weighted by atomic mass is 32.2. The molecule has 0 bridgehead atoms. The van der Waals surface area contributed by atoms with E-state index in [0.717, 1.165) is 16.9 Å². The number of carbonyl (C=O) groups is 2. The van der Waals surface area contributed by atoms with Gasteiger partial charge in [0.05, 0.1) is 11.4 Å². The predicted octanol–water partition coefficient (Wildman–Crippen LogP) is 2.72. The maximum atomic E-state index is 12.4. The number of carbonyl (C=O) groups excluding carboxylic acids is 2. The highest BCUT2D eigenvalue weighted by Crippen LogP contribution is 2.26. The van der Waals surface area contributed by atoms with E-state index in [2.05, 4.69) is 32.1 Å². The van der Waals surface area contributed by atoms with Crippen molar-refractivity contribution < 1.29 is 9.59 Å². The third-order valence-corrected chi connectivity index (χ3v) is 5.95. The molecule has 11 heteroatoms. The number of pyridine rings is 1. The second-order valence-corrected chi connectivity index (χ2v) is 8.36. The molecule has 2 amide bonds. The molecule has 3 heterocycles. The number of thiazole rings is 1. The van der Waals surface area contributed by atoms with Crippen LogP contribution in [0.1, 0.15) is 15.4 Å². The van der Waals surface area contributed by atoms with Crippen LogP contribution in [0, 0.1) is 6.92 Å². The molecule has 1 N–H and O–H groups in total. The number of allylic oxidation sites excluding steroid dienone is 1. The van der Waals surface area contributed by atoms with Crippen molar-refractivity contribution in [3.05, 3.63) is 47.8 Å². The summed E-state index contributed by atoms with van der Waals surface area (Å²) in [6, 6.07) is 3.73. The largest absolute Gasteiger partial charge is 0.344 e. The minimum Gasteiger partial charge on any atom is -0.344 e. The Balaban J connectivity index is 1.68. The molecule has 9 nitrogen and oxygen atoms in total. The van der Waals surface area contributed by atoms with E-state index in [1.54, 1.807) is 39.5 Å². The Morgan fingerprint density at radius 2 is 2.17 bits per heavy atom. The fourth-order valence-corrected chi connectivity index (χ4v) is 4.29. The molecular formula is C19H21N7O2S2. The first-order valence-electron chi connectivity index (χ1n) is 8.97. The number of amides is 2. The van der Waals surface area contributed by atoms with E-state index in [0.29, 0.717) is 33.2 Å². The van der Waals surface area contributed by atoms with Crippen LogP contribution in [-0.4, -0.2) is 61.3 Å². The summed E-state index contributed by atoms with van der Waals surface area (Å²) in [7, 11) is 3.35. The summed E-state index contributed by atoms with van der Waals surface area (Å²) in [4.78, 5) is 34.9. The predicted molar refractivity (Wildman–Crippen MR) is 118 cm³/mol. The van der Waals surface area contributed by atoms with E-state index in [4.69, 9.17) is 0 Å². The molecule has 30 heavy (non-hydrogen) atoms. The summed E-state index contributed by atoms with van der Waals surface area (Å²) in [5.74, 6) is 0.403. The van der Waals surface area contributed by atoms with Gasteiger partial charge in [0.25, 0.3) is 5.91 Å². The normalized spacial score (nSPS) is 10.6. The summed E-state index contributed by atoms with van der Waals surface area (Å²) in [6.45, 7) is 6.03. The Bertz CT molecular complexity index is 1060. The minimum absolute atomic E-state index is 0.123. The number of nitrogens with zero attached hydrogens (tertiary/aromatic N) is 6.